The molecule has 26 heavy (non-hydrogen) atoms. The van der Waals surface area contributed by atoms with Crippen molar-refractivity contribution >= 4 is 6.03 Å². The van der Waals surface area contributed by atoms with Gasteiger partial charge in [-0.3, -0.25) is 5.10 Å². The Morgan fingerprint density at radius 2 is 2.19 bits per heavy atom. The SMILES string of the molecule is CCN(Cc1nc(COC)no1)C(=O)NCc1n[nH]c2c1CCCCC2. The first-order valence-electron chi connectivity index (χ1n) is 9.09. The Hall–Kier alpha value is -2.42. The van der Waals surface area contributed by atoms with Crippen LogP contribution in [0.15, 0.2) is 4.52 Å². The molecule has 9 nitrogen and oxygen atoms in total. The molecule has 0 spiro atoms. The minimum Gasteiger partial charge on any atom is -0.377 e. The number of aryl methyl sites for hydroxylation is 1. The van der Waals surface area contributed by atoms with Crippen LogP contribution in [0, 0.1) is 0 Å². The lowest BCUT2D eigenvalue weighted by Crippen LogP contribution is -2.39. The summed E-state index contributed by atoms with van der Waals surface area (Å²) in [6, 6.07) is -0.177. The summed E-state index contributed by atoms with van der Waals surface area (Å²) in [7, 11) is 1.57. The molecule has 0 fully saturated rings. The zero-order chi connectivity index (χ0) is 18.4. The molecule has 9 heteroatoms. The molecule has 2 aromatic rings. The monoisotopic (exact) mass is 362 g/mol. The van der Waals surface area contributed by atoms with Gasteiger partial charge in [-0.2, -0.15) is 10.1 Å². The average Bonchev–Trinajstić information content (AvgIpc) is 3.17. The van der Waals surface area contributed by atoms with Crippen molar-refractivity contribution in [1.29, 1.82) is 0 Å². The highest BCUT2D eigenvalue weighted by atomic mass is 16.5. The standard InChI is InChI=1S/C17H26N6O3/c1-3-23(10-16-19-15(11-25-2)22-26-16)17(24)18-9-14-12-7-5-4-6-8-13(12)20-21-14/h3-11H2,1-2H3,(H,18,24)(H,20,21). The molecule has 142 valence electrons. The Balaban J connectivity index is 1.56. The second-order valence-electron chi connectivity index (χ2n) is 6.40. The third kappa shape index (κ3) is 4.40. The van der Waals surface area contributed by atoms with E-state index in [1.54, 1.807) is 12.0 Å². The third-order valence-corrected chi connectivity index (χ3v) is 4.58. The Kier molecular flexibility index (Phi) is 6.21. The fourth-order valence-electron chi connectivity index (χ4n) is 3.18. The molecular formula is C17H26N6O3. The number of hydrogen-bond acceptors (Lipinski definition) is 6. The van der Waals surface area contributed by atoms with Crippen LogP contribution in [-0.4, -0.2) is 44.9 Å². The Bertz CT molecular complexity index is 726. The zero-order valence-electron chi connectivity index (χ0n) is 15.4. The maximum absolute atomic E-state index is 12.5. The quantitative estimate of drug-likeness (QED) is 0.729. The van der Waals surface area contributed by atoms with E-state index >= 15 is 0 Å². The highest BCUT2D eigenvalue weighted by Crippen LogP contribution is 2.21. The predicted octanol–water partition coefficient (Wildman–Crippen LogP) is 1.94. The number of carbonyl (C=O) groups excluding carboxylic acids is 1. The molecule has 2 amide bonds. The number of fused-ring (bicyclic) bond motifs is 1. The number of ether oxygens (including phenoxy) is 1. The van der Waals surface area contributed by atoms with Gasteiger partial charge in [0.2, 0.25) is 5.89 Å². The molecule has 1 aliphatic rings. The van der Waals surface area contributed by atoms with Crippen LogP contribution < -0.4 is 5.32 Å². The first kappa shape index (κ1) is 18.4. The number of urea groups is 1. The number of H-pyrrole nitrogens is 1. The summed E-state index contributed by atoms with van der Waals surface area (Å²) < 4.78 is 10.1. The van der Waals surface area contributed by atoms with Crippen molar-refractivity contribution in [3.63, 3.8) is 0 Å². The minimum atomic E-state index is -0.177. The van der Waals surface area contributed by atoms with Crippen molar-refractivity contribution in [3.05, 3.63) is 28.7 Å². The largest absolute Gasteiger partial charge is 0.377 e. The molecule has 0 saturated heterocycles. The summed E-state index contributed by atoms with van der Waals surface area (Å²) in [6.45, 7) is 3.41. The molecular weight excluding hydrogens is 336 g/mol. The molecule has 0 radical (unpaired) electrons. The van der Waals surface area contributed by atoms with Crippen molar-refractivity contribution in [1.82, 2.24) is 30.6 Å². The third-order valence-electron chi connectivity index (χ3n) is 4.58. The van der Waals surface area contributed by atoms with E-state index in [0.717, 1.165) is 18.5 Å². The number of hydrogen-bond donors (Lipinski definition) is 2. The van der Waals surface area contributed by atoms with Gasteiger partial charge < -0.3 is 19.5 Å². The molecule has 0 aromatic carbocycles. The van der Waals surface area contributed by atoms with Crippen LogP contribution in [0.4, 0.5) is 4.79 Å². The Labute approximate surface area is 152 Å². The first-order valence-corrected chi connectivity index (χ1v) is 9.09. The number of amides is 2. The van der Waals surface area contributed by atoms with Gasteiger partial charge in [0.25, 0.3) is 0 Å². The van der Waals surface area contributed by atoms with Crippen LogP contribution in [0.2, 0.25) is 0 Å². The lowest BCUT2D eigenvalue weighted by molar-refractivity contribution is 0.174. The predicted molar refractivity (Wildman–Crippen MR) is 93.2 cm³/mol. The molecule has 3 rings (SSSR count). The van der Waals surface area contributed by atoms with Crippen LogP contribution in [0.3, 0.4) is 0 Å². The van der Waals surface area contributed by atoms with Gasteiger partial charge in [0.05, 0.1) is 12.2 Å². The fourth-order valence-corrected chi connectivity index (χ4v) is 3.18. The zero-order valence-corrected chi connectivity index (χ0v) is 15.4. The van der Waals surface area contributed by atoms with Crippen molar-refractivity contribution in [2.45, 2.75) is 58.7 Å². The van der Waals surface area contributed by atoms with E-state index < -0.39 is 0 Å². The number of aromatic nitrogens is 4. The van der Waals surface area contributed by atoms with Crippen molar-refractivity contribution in [2.75, 3.05) is 13.7 Å². The normalized spacial score (nSPS) is 13.9. The summed E-state index contributed by atoms with van der Waals surface area (Å²) in [6.07, 6.45) is 5.68. The van der Waals surface area contributed by atoms with E-state index in [2.05, 4.69) is 25.7 Å². The second-order valence-corrected chi connectivity index (χ2v) is 6.40. The molecule has 0 unspecified atom stereocenters. The van der Waals surface area contributed by atoms with Gasteiger partial charge in [0, 0.05) is 19.3 Å². The number of methoxy groups -OCH3 is 1. The topological polar surface area (TPSA) is 109 Å². The van der Waals surface area contributed by atoms with Crippen LogP contribution in [-0.2, 0) is 37.3 Å². The van der Waals surface area contributed by atoms with E-state index in [4.69, 9.17) is 9.26 Å². The number of aromatic amines is 1. The first-order chi connectivity index (χ1) is 12.7. The summed E-state index contributed by atoms with van der Waals surface area (Å²) in [5.41, 5.74) is 3.43. The number of nitrogens with one attached hydrogen (secondary N) is 2. The molecule has 0 aliphatic heterocycles. The lowest BCUT2D eigenvalue weighted by atomic mass is 10.1. The minimum absolute atomic E-state index is 0.177. The van der Waals surface area contributed by atoms with Crippen molar-refractivity contribution in [3.8, 4) is 0 Å². The molecule has 2 heterocycles. The van der Waals surface area contributed by atoms with Gasteiger partial charge in [-0.1, -0.05) is 11.6 Å². The lowest BCUT2D eigenvalue weighted by Gasteiger charge is -2.19. The fraction of sp³-hybridized carbons (Fsp3) is 0.647. The van der Waals surface area contributed by atoms with Gasteiger partial charge in [0.1, 0.15) is 13.2 Å². The van der Waals surface area contributed by atoms with E-state index in [1.807, 2.05) is 6.92 Å². The molecule has 0 atom stereocenters. The molecule has 2 aromatic heterocycles. The van der Waals surface area contributed by atoms with Crippen LogP contribution in [0.5, 0.6) is 0 Å². The van der Waals surface area contributed by atoms with Crippen LogP contribution >= 0.6 is 0 Å². The maximum atomic E-state index is 12.5. The van der Waals surface area contributed by atoms with Crippen molar-refractivity contribution < 1.29 is 14.1 Å². The van der Waals surface area contributed by atoms with E-state index in [1.165, 1.54) is 30.5 Å². The smallest absolute Gasteiger partial charge is 0.318 e. The Morgan fingerprint density at radius 3 is 3.00 bits per heavy atom. The maximum Gasteiger partial charge on any atom is 0.318 e. The summed E-state index contributed by atoms with van der Waals surface area (Å²) in [4.78, 5) is 18.3. The van der Waals surface area contributed by atoms with E-state index in [-0.39, 0.29) is 19.2 Å². The van der Waals surface area contributed by atoms with Gasteiger partial charge in [0.15, 0.2) is 5.82 Å². The molecule has 0 bridgehead atoms. The average molecular weight is 362 g/mol. The molecule has 2 N–H and O–H groups in total. The second kappa shape index (κ2) is 8.79. The summed E-state index contributed by atoms with van der Waals surface area (Å²) in [5.74, 6) is 0.862. The van der Waals surface area contributed by atoms with Gasteiger partial charge in [-0.05, 0) is 38.2 Å². The van der Waals surface area contributed by atoms with Crippen LogP contribution in [0.1, 0.15) is 54.9 Å². The number of carbonyl (C=O) groups is 1. The highest BCUT2D eigenvalue weighted by molar-refractivity contribution is 5.74. The highest BCUT2D eigenvalue weighted by Gasteiger charge is 2.19. The van der Waals surface area contributed by atoms with Gasteiger partial charge >= 0.3 is 6.03 Å². The van der Waals surface area contributed by atoms with Gasteiger partial charge in [-0.15, -0.1) is 0 Å². The molecule has 1 aliphatic carbocycles. The van der Waals surface area contributed by atoms with Gasteiger partial charge in [-0.25, -0.2) is 4.79 Å². The van der Waals surface area contributed by atoms with E-state index in [0.29, 0.717) is 24.8 Å². The summed E-state index contributed by atoms with van der Waals surface area (Å²) >= 11 is 0. The van der Waals surface area contributed by atoms with E-state index in [9.17, 15) is 4.79 Å². The van der Waals surface area contributed by atoms with Crippen LogP contribution in [0.25, 0.3) is 0 Å². The molecule has 0 saturated carbocycles. The number of nitrogens with zero attached hydrogens (tertiary/aromatic N) is 4. The van der Waals surface area contributed by atoms with Crippen molar-refractivity contribution in [2.24, 2.45) is 0 Å². The summed E-state index contributed by atoms with van der Waals surface area (Å²) in [5, 5.41) is 14.3. The number of rotatable bonds is 7. The Morgan fingerprint density at radius 1 is 1.35 bits per heavy atom.